The highest BCUT2D eigenvalue weighted by Gasteiger charge is 2.36. The van der Waals surface area contributed by atoms with Crippen LogP contribution in [0.2, 0.25) is 0 Å². The molecule has 0 N–H and O–H groups in total. The van der Waals surface area contributed by atoms with E-state index >= 15 is 0 Å². The minimum atomic E-state index is 0.124. The van der Waals surface area contributed by atoms with E-state index in [9.17, 15) is 9.59 Å². The molecule has 0 aromatic rings. The minimum Gasteiger partial charge on any atom is -0.295 e. The molecule has 0 aliphatic heterocycles. The van der Waals surface area contributed by atoms with Gasteiger partial charge in [0.25, 0.3) is 0 Å². The summed E-state index contributed by atoms with van der Waals surface area (Å²) in [6, 6.07) is 0. The molecule has 0 spiro atoms. The molecule has 52 valence electrons. The van der Waals surface area contributed by atoms with Gasteiger partial charge in [-0.3, -0.25) is 9.59 Å². The van der Waals surface area contributed by atoms with Crippen LogP contribution in [0.3, 0.4) is 0 Å². The largest absolute Gasteiger partial charge is 0.295 e. The second-order valence-electron chi connectivity index (χ2n) is 2.93. The van der Waals surface area contributed by atoms with Crippen LogP contribution in [0.15, 0.2) is 11.6 Å². The molecule has 0 aromatic carbocycles. The molecule has 0 heterocycles. The van der Waals surface area contributed by atoms with Crippen molar-refractivity contribution in [3.8, 4) is 0 Å². The predicted octanol–water partition coefficient (Wildman–Crippen LogP) is 0.865. The third-order valence-electron chi connectivity index (χ3n) is 2.25. The maximum Gasteiger partial charge on any atom is 0.159 e. The zero-order valence-corrected chi connectivity index (χ0v) is 5.59. The second kappa shape index (κ2) is 1.78. The van der Waals surface area contributed by atoms with E-state index in [1.807, 2.05) is 0 Å². The topological polar surface area (TPSA) is 34.1 Å². The van der Waals surface area contributed by atoms with Gasteiger partial charge in [0.05, 0.1) is 0 Å². The highest BCUT2D eigenvalue weighted by Crippen LogP contribution is 2.36. The smallest absolute Gasteiger partial charge is 0.159 e. The molecule has 2 aliphatic rings. The van der Waals surface area contributed by atoms with Crippen molar-refractivity contribution in [2.75, 3.05) is 0 Å². The SMILES string of the molecule is O=C1C=C2C(=O)CC2CC1. The lowest BCUT2D eigenvalue weighted by atomic mass is 9.71. The quantitative estimate of drug-likeness (QED) is 0.495. The van der Waals surface area contributed by atoms with Crippen LogP contribution >= 0.6 is 0 Å². The van der Waals surface area contributed by atoms with Gasteiger partial charge in [-0.2, -0.15) is 0 Å². The first-order valence-corrected chi connectivity index (χ1v) is 3.55. The lowest BCUT2D eigenvalue weighted by Gasteiger charge is -2.30. The van der Waals surface area contributed by atoms with Crippen molar-refractivity contribution in [1.82, 2.24) is 0 Å². The number of hydrogen-bond acceptors (Lipinski definition) is 2. The molecule has 2 heteroatoms. The van der Waals surface area contributed by atoms with Crippen LogP contribution in [-0.4, -0.2) is 11.6 Å². The Hall–Kier alpha value is -0.920. The Bertz CT molecular complexity index is 238. The van der Waals surface area contributed by atoms with Crippen LogP contribution in [0.4, 0.5) is 0 Å². The van der Waals surface area contributed by atoms with Crippen molar-refractivity contribution >= 4 is 11.6 Å². The lowest BCUT2D eigenvalue weighted by molar-refractivity contribution is -0.123. The van der Waals surface area contributed by atoms with E-state index in [2.05, 4.69) is 0 Å². The molecular formula is C8H8O2. The summed E-state index contributed by atoms with van der Waals surface area (Å²) in [5.41, 5.74) is 0.788. The van der Waals surface area contributed by atoms with Gasteiger partial charge in [0, 0.05) is 18.4 Å². The van der Waals surface area contributed by atoms with E-state index in [-0.39, 0.29) is 11.6 Å². The molecule has 2 nitrogen and oxygen atoms in total. The molecule has 10 heavy (non-hydrogen) atoms. The van der Waals surface area contributed by atoms with Crippen LogP contribution < -0.4 is 0 Å². The average molecular weight is 136 g/mol. The zero-order chi connectivity index (χ0) is 7.14. The lowest BCUT2D eigenvalue weighted by Crippen LogP contribution is -2.31. The Labute approximate surface area is 58.9 Å². The summed E-state index contributed by atoms with van der Waals surface area (Å²) in [5, 5.41) is 0. The summed E-state index contributed by atoms with van der Waals surface area (Å²) in [5.74, 6) is 0.738. The van der Waals surface area contributed by atoms with Gasteiger partial charge in [-0.15, -0.1) is 0 Å². The van der Waals surface area contributed by atoms with Crippen molar-refractivity contribution in [3.63, 3.8) is 0 Å². The number of hydrogen-bond donors (Lipinski definition) is 0. The zero-order valence-electron chi connectivity index (χ0n) is 5.59. The van der Waals surface area contributed by atoms with Crippen LogP contribution in [0.1, 0.15) is 19.3 Å². The van der Waals surface area contributed by atoms with Crippen molar-refractivity contribution in [3.05, 3.63) is 11.6 Å². The van der Waals surface area contributed by atoms with E-state index in [0.717, 1.165) is 12.0 Å². The normalized spacial score (nSPS) is 30.8. The predicted molar refractivity (Wildman–Crippen MR) is 35.4 cm³/mol. The van der Waals surface area contributed by atoms with Gasteiger partial charge in [-0.05, 0) is 18.4 Å². The van der Waals surface area contributed by atoms with E-state index in [1.165, 1.54) is 6.08 Å². The molecule has 0 radical (unpaired) electrons. The third kappa shape index (κ3) is 0.649. The van der Waals surface area contributed by atoms with Crippen molar-refractivity contribution in [2.45, 2.75) is 19.3 Å². The maximum atomic E-state index is 10.8. The summed E-state index contributed by atoms with van der Waals surface area (Å²) in [4.78, 5) is 21.6. The molecule has 1 fully saturated rings. The van der Waals surface area contributed by atoms with E-state index in [1.54, 1.807) is 0 Å². The van der Waals surface area contributed by atoms with E-state index in [0.29, 0.717) is 18.8 Å². The number of Topliss-reactive ketones (excluding diaryl/α,β-unsaturated/α-hetero) is 1. The Morgan fingerprint density at radius 1 is 1.40 bits per heavy atom. The van der Waals surface area contributed by atoms with Crippen molar-refractivity contribution in [2.24, 2.45) is 5.92 Å². The Morgan fingerprint density at radius 2 is 2.20 bits per heavy atom. The number of carbonyl (C=O) groups is 2. The minimum absolute atomic E-state index is 0.124. The molecule has 1 unspecified atom stereocenters. The average Bonchev–Trinajstić information content (AvgIpc) is 1.92. The molecule has 0 bridgehead atoms. The fourth-order valence-electron chi connectivity index (χ4n) is 1.57. The number of ketones is 2. The van der Waals surface area contributed by atoms with Crippen LogP contribution in [0.5, 0.6) is 0 Å². The first kappa shape index (κ1) is 5.83. The fraction of sp³-hybridized carbons (Fsp3) is 0.500. The number of rotatable bonds is 0. The highest BCUT2D eigenvalue weighted by molar-refractivity contribution is 6.09. The van der Waals surface area contributed by atoms with Gasteiger partial charge in [-0.1, -0.05) is 0 Å². The summed E-state index contributed by atoms with van der Waals surface area (Å²) in [6.45, 7) is 0. The summed E-state index contributed by atoms with van der Waals surface area (Å²) in [6.07, 6.45) is 3.75. The van der Waals surface area contributed by atoms with E-state index < -0.39 is 0 Å². The number of fused-ring (bicyclic) bond motifs is 1. The monoisotopic (exact) mass is 136 g/mol. The third-order valence-corrected chi connectivity index (χ3v) is 2.25. The fourth-order valence-corrected chi connectivity index (χ4v) is 1.57. The standard InChI is InChI=1S/C8H8O2/c9-6-2-1-5-3-8(10)7(5)4-6/h4-5H,1-3H2. The molecule has 2 aliphatic carbocycles. The van der Waals surface area contributed by atoms with Crippen molar-refractivity contribution < 1.29 is 9.59 Å². The molecule has 2 rings (SSSR count). The van der Waals surface area contributed by atoms with Gasteiger partial charge >= 0.3 is 0 Å². The summed E-state index contributed by atoms with van der Waals surface area (Å²) >= 11 is 0. The van der Waals surface area contributed by atoms with Gasteiger partial charge in [-0.25, -0.2) is 0 Å². The van der Waals surface area contributed by atoms with Gasteiger partial charge in [0.2, 0.25) is 0 Å². The van der Waals surface area contributed by atoms with Crippen LogP contribution in [0, 0.1) is 5.92 Å². The first-order chi connectivity index (χ1) is 4.77. The molecule has 0 amide bonds. The number of carbonyl (C=O) groups excluding carboxylic acids is 2. The molecular weight excluding hydrogens is 128 g/mol. The highest BCUT2D eigenvalue weighted by atomic mass is 16.1. The Balaban J connectivity index is 2.30. The van der Waals surface area contributed by atoms with Gasteiger partial charge < -0.3 is 0 Å². The van der Waals surface area contributed by atoms with Gasteiger partial charge in [0.1, 0.15) is 0 Å². The van der Waals surface area contributed by atoms with E-state index in [4.69, 9.17) is 0 Å². The summed E-state index contributed by atoms with van der Waals surface area (Å²) in [7, 11) is 0. The first-order valence-electron chi connectivity index (χ1n) is 3.55. The van der Waals surface area contributed by atoms with Crippen LogP contribution in [-0.2, 0) is 9.59 Å². The second-order valence-corrected chi connectivity index (χ2v) is 2.93. The Kier molecular flexibility index (Phi) is 1.04. The van der Waals surface area contributed by atoms with Gasteiger partial charge in [0.15, 0.2) is 11.6 Å². The molecule has 0 saturated heterocycles. The molecule has 1 saturated carbocycles. The van der Waals surface area contributed by atoms with Crippen molar-refractivity contribution in [1.29, 1.82) is 0 Å². The Morgan fingerprint density at radius 3 is 2.80 bits per heavy atom. The molecule has 0 aromatic heterocycles. The number of allylic oxidation sites excluding steroid dienone is 2. The molecule has 1 atom stereocenters. The maximum absolute atomic E-state index is 10.8. The van der Waals surface area contributed by atoms with Crippen LogP contribution in [0.25, 0.3) is 0 Å². The summed E-state index contributed by atoms with van der Waals surface area (Å²) < 4.78 is 0.